The third-order valence-electron chi connectivity index (χ3n) is 9.47. The largest absolute Gasteiger partial charge is 0.255 e. The molecule has 1 aliphatic heterocycles. The first-order valence-corrected chi connectivity index (χ1v) is 16.2. The summed E-state index contributed by atoms with van der Waals surface area (Å²) >= 11 is 0. The molecule has 5 aromatic carbocycles. The van der Waals surface area contributed by atoms with Crippen LogP contribution in [0.4, 0.5) is 0 Å². The second-order valence-corrected chi connectivity index (χ2v) is 12.6. The second-order valence-electron chi connectivity index (χ2n) is 12.6. The highest BCUT2D eigenvalue weighted by Crippen LogP contribution is 2.44. The zero-order chi connectivity index (χ0) is 30.3. The van der Waals surface area contributed by atoms with Crippen molar-refractivity contribution in [3.05, 3.63) is 149 Å². The number of nitrogens with zero attached hydrogens (tertiary/aromatic N) is 2. The lowest BCUT2D eigenvalue weighted by Crippen LogP contribution is -2.11. The maximum atomic E-state index is 5.08. The van der Waals surface area contributed by atoms with Crippen molar-refractivity contribution in [2.24, 2.45) is 4.99 Å². The number of pyridine rings is 1. The number of fused-ring (bicyclic) bond motifs is 3. The van der Waals surface area contributed by atoms with Crippen molar-refractivity contribution in [2.45, 2.75) is 45.4 Å². The molecule has 2 heterocycles. The molecule has 0 fully saturated rings. The van der Waals surface area contributed by atoms with Gasteiger partial charge in [0.1, 0.15) is 0 Å². The van der Waals surface area contributed by atoms with Crippen molar-refractivity contribution in [3.63, 3.8) is 0 Å². The van der Waals surface area contributed by atoms with E-state index in [4.69, 9.17) is 4.99 Å². The van der Waals surface area contributed by atoms with E-state index < -0.39 is 0 Å². The Morgan fingerprint density at radius 2 is 1.31 bits per heavy atom. The van der Waals surface area contributed by atoms with Crippen LogP contribution < -0.4 is 0 Å². The van der Waals surface area contributed by atoms with Crippen molar-refractivity contribution in [2.75, 3.05) is 0 Å². The molecule has 218 valence electrons. The van der Waals surface area contributed by atoms with E-state index in [2.05, 4.69) is 122 Å². The van der Waals surface area contributed by atoms with E-state index >= 15 is 0 Å². The van der Waals surface area contributed by atoms with Gasteiger partial charge in [-0.1, -0.05) is 117 Å². The monoisotopic (exact) mass is 580 g/mol. The van der Waals surface area contributed by atoms with Gasteiger partial charge in [0.2, 0.25) is 0 Å². The van der Waals surface area contributed by atoms with E-state index in [-0.39, 0.29) is 0 Å². The summed E-state index contributed by atoms with van der Waals surface area (Å²) in [5.74, 6) is 0.483. The number of aromatic nitrogens is 1. The minimum Gasteiger partial charge on any atom is -0.255 e. The first-order valence-electron chi connectivity index (χ1n) is 16.2. The predicted octanol–water partition coefficient (Wildman–Crippen LogP) is 11.5. The summed E-state index contributed by atoms with van der Waals surface area (Å²) < 4.78 is 0. The molecule has 0 spiro atoms. The summed E-state index contributed by atoms with van der Waals surface area (Å²) in [5.41, 5.74) is 13.8. The average Bonchev–Trinajstić information content (AvgIpc) is 3.10. The highest BCUT2D eigenvalue weighted by Gasteiger charge is 2.21. The van der Waals surface area contributed by atoms with Gasteiger partial charge in [0.15, 0.2) is 0 Å². The number of aryl methyl sites for hydroxylation is 1. The first-order chi connectivity index (χ1) is 22.1. The molecule has 0 unspecified atom stereocenters. The van der Waals surface area contributed by atoms with Crippen LogP contribution in [0.2, 0.25) is 0 Å². The van der Waals surface area contributed by atoms with Gasteiger partial charge in [-0.05, 0) is 116 Å². The molecule has 2 aliphatic rings. The topological polar surface area (TPSA) is 25.2 Å². The fourth-order valence-corrected chi connectivity index (χ4v) is 7.18. The summed E-state index contributed by atoms with van der Waals surface area (Å²) in [6, 6.07) is 40.2. The van der Waals surface area contributed by atoms with Crippen LogP contribution in [-0.2, 0) is 6.42 Å². The molecule has 2 nitrogen and oxygen atoms in total. The van der Waals surface area contributed by atoms with Gasteiger partial charge in [-0.25, -0.2) is 0 Å². The van der Waals surface area contributed by atoms with E-state index in [0.29, 0.717) is 5.92 Å². The molecule has 0 atom stereocenters. The molecule has 6 aromatic rings. The van der Waals surface area contributed by atoms with E-state index in [0.717, 1.165) is 37.1 Å². The molecule has 1 aromatic heterocycles. The highest BCUT2D eigenvalue weighted by atomic mass is 14.8. The Labute approximate surface area is 265 Å². The number of hydrogen-bond acceptors (Lipinski definition) is 2. The minimum absolute atomic E-state index is 0.483. The molecule has 1 aliphatic carbocycles. The SMILES string of the molecule is CC(C)c1cccc(-c2c3ccccc3c(-c3ccc4c(c3)CCC(C3=NC(c5ccccn5)=CCC3)=C4)c3ccccc23)c1. The van der Waals surface area contributed by atoms with Gasteiger partial charge in [0.05, 0.1) is 11.4 Å². The average molecular weight is 581 g/mol. The zero-order valence-electron chi connectivity index (χ0n) is 25.9. The van der Waals surface area contributed by atoms with Gasteiger partial charge in [-0.2, -0.15) is 0 Å². The Hall–Kier alpha value is -5.08. The van der Waals surface area contributed by atoms with Crippen molar-refractivity contribution in [1.82, 2.24) is 4.98 Å². The Kier molecular flexibility index (Phi) is 6.99. The summed E-state index contributed by atoms with van der Waals surface area (Å²) in [5, 5.41) is 5.22. The Balaban J connectivity index is 1.24. The molecular weight excluding hydrogens is 544 g/mol. The summed E-state index contributed by atoms with van der Waals surface area (Å²) in [6.45, 7) is 4.54. The van der Waals surface area contributed by atoms with E-state index in [1.165, 1.54) is 71.8 Å². The molecule has 45 heavy (non-hydrogen) atoms. The fourth-order valence-electron chi connectivity index (χ4n) is 7.18. The van der Waals surface area contributed by atoms with Crippen molar-refractivity contribution in [1.29, 1.82) is 0 Å². The maximum Gasteiger partial charge on any atom is 0.0882 e. The summed E-state index contributed by atoms with van der Waals surface area (Å²) in [6.07, 6.45) is 10.5. The van der Waals surface area contributed by atoms with Gasteiger partial charge >= 0.3 is 0 Å². The second kappa shape index (κ2) is 11.4. The van der Waals surface area contributed by atoms with Crippen LogP contribution in [0.5, 0.6) is 0 Å². The maximum absolute atomic E-state index is 5.08. The Bertz CT molecular complexity index is 2120. The smallest absolute Gasteiger partial charge is 0.0882 e. The van der Waals surface area contributed by atoms with Crippen molar-refractivity contribution < 1.29 is 0 Å². The molecule has 0 saturated carbocycles. The Morgan fingerprint density at radius 1 is 0.622 bits per heavy atom. The van der Waals surface area contributed by atoms with Crippen molar-refractivity contribution in [3.8, 4) is 22.3 Å². The van der Waals surface area contributed by atoms with Crippen LogP contribution in [-0.4, -0.2) is 10.7 Å². The third kappa shape index (κ3) is 5.01. The fraction of sp³-hybridized carbons (Fsp3) is 0.163. The quantitative estimate of drug-likeness (QED) is 0.186. The highest BCUT2D eigenvalue weighted by molar-refractivity contribution is 6.21. The minimum atomic E-state index is 0.483. The summed E-state index contributed by atoms with van der Waals surface area (Å²) in [7, 11) is 0. The van der Waals surface area contributed by atoms with Crippen LogP contribution in [0, 0.1) is 0 Å². The molecule has 0 bridgehead atoms. The van der Waals surface area contributed by atoms with Crippen molar-refractivity contribution >= 4 is 39.0 Å². The molecule has 0 radical (unpaired) electrons. The number of hydrogen-bond donors (Lipinski definition) is 0. The molecule has 0 saturated heterocycles. The standard InChI is InChI=1S/C43H36N2/c1-28(2)29-11-9-12-33(25-29)42-35-13-3-5-15-37(35)43(38-16-6-4-14-36(38)42)34-23-21-30-26-32(22-20-31(30)27-34)39-18-10-19-41(45-39)40-17-7-8-24-44-40/h3-9,11-17,19,21,23-28H,10,18,20,22H2,1-2H3. The number of rotatable bonds is 5. The first kappa shape index (κ1) is 27.5. The van der Waals surface area contributed by atoms with Crippen LogP contribution in [0.1, 0.15) is 61.4 Å². The van der Waals surface area contributed by atoms with Gasteiger partial charge < -0.3 is 0 Å². The molecule has 0 N–H and O–H groups in total. The lowest BCUT2D eigenvalue weighted by Gasteiger charge is -2.22. The van der Waals surface area contributed by atoms with Gasteiger partial charge in [-0.15, -0.1) is 0 Å². The molecule has 2 heteroatoms. The van der Waals surface area contributed by atoms with E-state index in [9.17, 15) is 0 Å². The van der Waals surface area contributed by atoms with Gasteiger partial charge in [-0.3, -0.25) is 9.98 Å². The molecular formula is C43H36N2. The summed E-state index contributed by atoms with van der Waals surface area (Å²) in [4.78, 5) is 9.62. The Morgan fingerprint density at radius 3 is 1.98 bits per heavy atom. The predicted molar refractivity (Wildman–Crippen MR) is 192 cm³/mol. The van der Waals surface area contributed by atoms with Gasteiger partial charge in [0.25, 0.3) is 0 Å². The number of allylic oxidation sites excluding steroid dienone is 2. The lowest BCUT2D eigenvalue weighted by molar-refractivity contribution is 0.867. The normalized spacial score (nSPS) is 14.7. The zero-order valence-corrected chi connectivity index (χ0v) is 25.9. The van der Waals surface area contributed by atoms with Crippen LogP contribution in [0.15, 0.2) is 132 Å². The van der Waals surface area contributed by atoms with Crippen LogP contribution in [0.25, 0.3) is 55.6 Å². The number of benzene rings is 5. The van der Waals surface area contributed by atoms with E-state index in [1.54, 1.807) is 0 Å². The lowest BCUT2D eigenvalue weighted by atomic mass is 9.83. The van der Waals surface area contributed by atoms with Crippen LogP contribution >= 0.6 is 0 Å². The molecule has 0 amide bonds. The third-order valence-corrected chi connectivity index (χ3v) is 9.47. The van der Waals surface area contributed by atoms with Gasteiger partial charge in [0, 0.05) is 11.9 Å². The van der Waals surface area contributed by atoms with E-state index in [1.807, 2.05) is 24.4 Å². The molecule has 8 rings (SSSR count). The van der Waals surface area contributed by atoms with Crippen LogP contribution in [0.3, 0.4) is 0 Å². The number of aliphatic imine (C=N–C) groups is 1.